The summed E-state index contributed by atoms with van der Waals surface area (Å²) in [5.74, 6) is 2.13. The van der Waals surface area contributed by atoms with Crippen LogP contribution in [0.5, 0.6) is 5.75 Å². The minimum atomic E-state index is 0.197. The Bertz CT molecular complexity index is 549. The van der Waals surface area contributed by atoms with E-state index in [1.165, 1.54) is 4.90 Å². The SMILES string of the molecule is CCC(=O)c1ccc(SCCCOc2ccccc2)cc1. The molecule has 3 heteroatoms. The average Bonchev–Trinajstić information content (AvgIpc) is 2.55. The molecule has 2 aromatic rings. The number of benzene rings is 2. The van der Waals surface area contributed by atoms with E-state index in [1.807, 2.05) is 61.5 Å². The van der Waals surface area contributed by atoms with E-state index in [0.29, 0.717) is 6.42 Å². The summed E-state index contributed by atoms with van der Waals surface area (Å²) in [5, 5.41) is 0. The largest absolute Gasteiger partial charge is 0.494 e. The highest BCUT2D eigenvalue weighted by atomic mass is 32.2. The molecule has 0 saturated heterocycles. The standard InChI is InChI=1S/C18H20O2S/c1-2-18(19)15-9-11-17(12-10-15)21-14-6-13-20-16-7-4-3-5-8-16/h3-5,7-12H,2,6,13-14H2,1H3. The van der Waals surface area contributed by atoms with Crippen molar-refractivity contribution >= 4 is 17.5 Å². The molecule has 0 aliphatic carbocycles. The normalized spacial score (nSPS) is 10.3. The van der Waals surface area contributed by atoms with Crippen LogP contribution in [0.15, 0.2) is 59.5 Å². The molecule has 0 aliphatic heterocycles. The van der Waals surface area contributed by atoms with Crippen molar-refractivity contribution in [1.29, 1.82) is 0 Å². The highest BCUT2D eigenvalue weighted by Gasteiger charge is 2.02. The summed E-state index contributed by atoms with van der Waals surface area (Å²) < 4.78 is 5.65. The van der Waals surface area contributed by atoms with E-state index >= 15 is 0 Å². The van der Waals surface area contributed by atoms with Gasteiger partial charge in [-0.1, -0.05) is 37.3 Å². The summed E-state index contributed by atoms with van der Waals surface area (Å²) in [4.78, 5) is 12.7. The van der Waals surface area contributed by atoms with Gasteiger partial charge < -0.3 is 4.74 Å². The number of Topliss-reactive ketones (excluding diaryl/α,β-unsaturated/α-hetero) is 1. The predicted molar refractivity (Wildman–Crippen MR) is 88.3 cm³/mol. The number of hydrogen-bond acceptors (Lipinski definition) is 3. The molecule has 0 spiro atoms. The fraction of sp³-hybridized carbons (Fsp3) is 0.278. The Balaban J connectivity index is 1.68. The highest BCUT2D eigenvalue weighted by molar-refractivity contribution is 7.99. The van der Waals surface area contributed by atoms with Gasteiger partial charge in [-0.05, 0) is 30.7 Å². The monoisotopic (exact) mass is 300 g/mol. The predicted octanol–water partition coefficient (Wildman–Crippen LogP) is 4.84. The molecule has 0 atom stereocenters. The first-order valence-corrected chi connectivity index (χ1v) is 8.22. The zero-order chi connectivity index (χ0) is 14.9. The molecule has 110 valence electrons. The lowest BCUT2D eigenvalue weighted by atomic mass is 10.1. The molecule has 0 fully saturated rings. The number of thioether (sulfide) groups is 1. The van der Waals surface area contributed by atoms with Crippen LogP contribution in [0.1, 0.15) is 30.1 Å². The van der Waals surface area contributed by atoms with Crippen molar-refractivity contribution in [1.82, 2.24) is 0 Å². The maximum absolute atomic E-state index is 11.5. The molecular weight excluding hydrogens is 280 g/mol. The Hall–Kier alpha value is -1.74. The number of ether oxygens (including phenoxy) is 1. The van der Waals surface area contributed by atoms with Crippen LogP contribution in [0.2, 0.25) is 0 Å². The zero-order valence-corrected chi connectivity index (χ0v) is 13.1. The topological polar surface area (TPSA) is 26.3 Å². The summed E-state index contributed by atoms with van der Waals surface area (Å²) in [6.45, 7) is 2.61. The zero-order valence-electron chi connectivity index (χ0n) is 12.2. The smallest absolute Gasteiger partial charge is 0.162 e. The molecule has 0 radical (unpaired) electrons. The van der Waals surface area contributed by atoms with Crippen molar-refractivity contribution in [3.8, 4) is 5.75 Å². The second-order valence-corrected chi connectivity index (χ2v) is 5.83. The van der Waals surface area contributed by atoms with E-state index in [2.05, 4.69) is 0 Å². The molecule has 2 rings (SSSR count). The van der Waals surface area contributed by atoms with Gasteiger partial charge >= 0.3 is 0 Å². The van der Waals surface area contributed by atoms with Crippen LogP contribution in [0.4, 0.5) is 0 Å². The summed E-state index contributed by atoms with van der Waals surface area (Å²) in [7, 11) is 0. The van der Waals surface area contributed by atoms with E-state index in [-0.39, 0.29) is 5.78 Å². The number of hydrogen-bond donors (Lipinski definition) is 0. The van der Waals surface area contributed by atoms with Gasteiger partial charge in [0, 0.05) is 22.6 Å². The first kappa shape index (κ1) is 15.6. The Labute approximate surface area is 130 Å². The van der Waals surface area contributed by atoms with Crippen LogP contribution in [-0.2, 0) is 0 Å². The van der Waals surface area contributed by atoms with Crippen molar-refractivity contribution in [3.63, 3.8) is 0 Å². The van der Waals surface area contributed by atoms with Crippen molar-refractivity contribution in [2.75, 3.05) is 12.4 Å². The van der Waals surface area contributed by atoms with Gasteiger partial charge in [-0.2, -0.15) is 0 Å². The van der Waals surface area contributed by atoms with Gasteiger partial charge in [-0.25, -0.2) is 0 Å². The van der Waals surface area contributed by atoms with Crippen LogP contribution in [0.25, 0.3) is 0 Å². The average molecular weight is 300 g/mol. The highest BCUT2D eigenvalue weighted by Crippen LogP contribution is 2.20. The van der Waals surface area contributed by atoms with Crippen molar-refractivity contribution < 1.29 is 9.53 Å². The lowest BCUT2D eigenvalue weighted by Crippen LogP contribution is -1.98. The van der Waals surface area contributed by atoms with E-state index < -0.39 is 0 Å². The van der Waals surface area contributed by atoms with Crippen LogP contribution in [0, 0.1) is 0 Å². The Morgan fingerprint density at radius 3 is 2.43 bits per heavy atom. The maximum Gasteiger partial charge on any atom is 0.162 e. The Kier molecular flexibility index (Phi) is 6.35. The molecular formula is C18H20O2S. The Morgan fingerprint density at radius 1 is 1.05 bits per heavy atom. The molecule has 0 unspecified atom stereocenters. The summed E-state index contributed by atoms with van der Waals surface area (Å²) >= 11 is 1.79. The van der Waals surface area contributed by atoms with E-state index in [4.69, 9.17) is 4.74 Å². The van der Waals surface area contributed by atoms with Gasteiger partial charge in [-0.3, -0.25) is 4.79 Å². The number of carbonyl (C=O) groups excluding carboxylic acids is 1. The summed E-state index contributed by atoms with van der Waals surface area (Å²) in [6, 6.07) is 17.7. The van der Waals surface area contributed by atoms with Gasteiger partial charge in [0.05, 0.1) is 6.61 Å². The second-order valence-electron chi connectivity index (χ2n) is 4.66. The summed E-state index contributed by atoms with van der Waals surface area (Å²) in [5.41, 5.74) is 0.800. The van der Waals surface area contributed by atoms with Crippen molar-refractivity contribution in [2.24, 2.45) is 0 Å². The van der Waals surface area contributed by atoms with E-state index in [9.17, 15) is 4.79 Å². The molecule has 21 heavy (non-hydrogen) atoms. The van der Waals surface area contributed by atoms with Crippen LogP contribution in [-0.4, -0.2) is 18.1 Å². The van der Waals surface area contributed by atoms with Crippen molar-refractivity contribution in [3.05, 3.63) is 60.2 Å². The number of carbonyl (C=O) groups is 1. The van der Waals surface area contributed by atoms with Gasteiger partial charge in [0.15, 0.2) is 5.78 Å². The molecule has 0 heterocycles. The number of para-hydroxylation sites is 1. The quantitative estimate of drug-likeness (QED) is 0.396. The van der Waals surface area contributed by atoms with Crippen LogP contribution >= 0.6 is 11.8 Å². The third kappa shape index (κ3) is 5.27. The van der Waals surface area contributed by atoms with E-state index in [1.54, 1.807) is 11.8 Å². The van der Waals surface area contributed by atoms with E-state index in [0.717, 1.165) is 30.1 Å². The van der Waals surface area contributed by atoms with Gasteiger partial charge in [-0.15, -0.1) is 11.8 Å². The first-order valence-electron chi connectivity index (χ1n) is 7.23. The van der Waals surface area contributed by atoms with Gasteiger partial charge in [0.25, 0.3) is 0 Å². The minimum Gasteiger partial charge on any atom is -0.494 e. The molecule has 0 amide bonds. The molecule has 0 aliphatic rings. The fourth-order valence-electron chi connectivity index (χ4n) is 1.90. The lowest BCUT2D eigenvalue weighted by molar-refractivity contribution is 0.0988. The lowest BCUT2D eigenvalue weighted by Gasteiger charge is -2.06. The first-order chi connectivity index (χ1) is 10.3. The number of ketones is 1. The Morgan fingerprint density at radius 2 is 1.76 bits per heavy atom. The minimum absolute atomic E-state index is 0.197. The van der Waals surface area contributed by atoms with Crippen LogP contribution in [0.3, 0.4) is 0 Å². The summed E-state index contributed by atoms with van der Waals surface area (Å²) in [6.07, 6.45) is 1.55. The van der Waals surface area contributed by atoms with Gasteiger partial charge in [0.1, 0.15) is 5.75 Å². The molecule has 0 N–H and O–H groups in total. The molecule has 2 aromatic carbocycles. The maximum atomic E-state index is 11.5. The molecule has 0 aromatic heterocycles. The number of rotatable bonds is 8. The third-order valence-electron chi connectivity index (χ3n) is 3.07. The fourth-order valence-corrected chi connectivity index (χ4v) is 2.72. The second kappa shape index (κ2) is 8.53. The van der Waals surface area contributed by atoms with Gasteiger partial charge in [0.2, 0.25) is 0 Å². The molecule has 2 nitrogen and oxygen atoms in total. The third-order valence-corrected chi connectivity index (χ3v) is 4.17. The molecule has 0 bridgehead atoms. The van der Waals surface area contributed by atoms with Crippen molar-refractivity contribution in [2.45, 2.75) is 24.7 Å². The van der Waals surface area contributed by atoms with Crippen LogP contribution < -0.4 is 4.74 Å². The molecule has 0 saturated carbocycles.